The molecule has 1 aliphatic heterocycles. The second kappa shape index (κ2) is 5.05. The van der Waals surface area contributed by atoms with Gasteiger partial charge in [0.05, 0.1) is 17.3 Å². The van der Waals surface area contributed by atoms with Crippen LogP contribution < -0.4 is 0 Å². The van der Waals surface area contributed by atoms with Gasteiger partial charge in [-0.1, -0.05) is 0 Å². The minimum atomic E-state index is -0.950. The second-order valence-electron chi connectivity index (χ2n) is 5.17. The third-order valence-corrected chi connectivity index (χ3v) is 5.04. The second-order valence-corrected chi connectivity index (χ2v) is 6.32. The molecule has 20 heavy (non-hydrogen) atoms. The molecule has 106 valence electrons. The van der Waals surface area contributed by atoms with Crippen LogP contribution in [0.15, 0.2) is 12.4 Å². The van der Waals surface area contributed by atoms with Crippen molar-refractivity contribution in [1.82, 2.24) is 14.9 Å². The van der Waals surface area contributed by atoms with Gasteiger partial charge >= 0.3 is 5.97 Å². The lowest BCUT2D eigenvalue weighted by atomic mass is 10.2. The van der Waals surface area contributed by atoms with Crippen molar-refractivity contribution in [2.45, 2.75) is 31.2 Å². The molecule has 3 rings (SSSR count). The highest BCUT2D eigenvalue weighted by Gasteiger charge is 2.48. The SMILES string of the molecule is Cc1cnc(C(=O)N2C(C(=O)O)CSC2C2CC2)cn1. The van der Waals surface area contributed by atoms with Gasteiger partial charge in [-0.05, 0) is 25.7 Å². The number of nitrogens with zero attached hydrogens (tertiary/aromatic N) is 3. The number of aryl methyl sites for hydroxylation is 1. The number of hydrogen-bond donors (Lipinski definition) is 1. The fourth-order valence-corrected chi connectivity index (χ4v) is 3.99. The lowest BCUT2D eigenvalue weighted by molar-refractivity contribution is -0.141. The smallest absolute Gasteiger partial charge is 0.327 e. The molecule has 1 aliphatic carbocycles. The Morgan fingerprint density at radius 2 is 2.10 bits per heavy atom. The Bertz CT molecular complexity index is 544. The highest BCUT2D eigenvalue weighted by Crippen LogP contribution is 2.45. The van der Waals surface area contributed by atoms with Crippen LogP contribution >= 0.6 is 11.8 Å². The topological polar surface area (TPSA) is 83.4 Å². The van der Waals surface area contributed by atoms with Crippen LogP contribution in [-0.2, 0) is 4.79 Å². The highest BCUT2D eigenvalue weighted by atomic mass is 32.2. The van der Waals surface area contributed by atoms with Crippen molar-refractivity contribution in [2.75, 3.05) is 5.75 Å². The number of carbonyl (C=O) groups is 2. The van der Waals surface area contributed by atoms with Crippen LogP contribution in [0.4, 0.5) is 0 Å². The molecule has 6 nitrogen and oxygen atoms in total. The average molecular weight is 293 g/mol. The molecule has 7 heteroatoms. The molecule has 1 aromatic rings. The molecule has 2 heterocycles. The maximum Gasteiger partial charge on any atom is 0.327 e. The van der Waals surface area contributed by atoms with E-state index in [1.165, 1.54) is 17.3 Å². The summed E-state index contributed by atoms with van der Waals surface area (Å²) >= 11 is 1.56. The molecule has 2 fully saturated rings. The molecular formula is C13H15N3O3S. The number of carboxylic acid groups (broad SMARTS) is 1. The van der Waals surface area contributed by atoms with E-state index in [-0.39, 0.29) is 17.0 Å². The van der Waals surface area contributed by atoms with E-state index in [1.54, 1.807) is 18.7 Å². The van der Waals surface area contributed by atoms with Gasteiger partial charge in [0.15, 0.2) is 0 Å². The molecule has 0 bridgehead atoms. The molecule has 0 spiro atoms. The number of carbonyl (C=O) groups excluding carboxylic acids is 1. The Labute approximate surface area is 120 Å². The molecule has 1 saturated carbocycles. The summed E-state index contributed by atoms with van der Waals surface area (Å²) in [5, 5.41) is 9.26. The van der Waals surface area contributed by atoms with E-state index in [9.17, 15) is 14.7 Å². The van der Waals surface area contributed by atoms with Crippen molar-refractivity contribution in [3.05, 3.63) is 23.8 Å². The first-order chi connectivity index (χ1) is 9.58. The maximum atomic E-state index is 12.6. The zero-order valence-corrected chi connectivity index (χ0v) is 11.8. The molecule has 2 atom stereocenters. The number of carboxylic acids is 1. The van der Waals surface area contributed by atoms with Crippen molar-refractivity contribution < 1.29 is 14.7 Å². The van der Waals surface area contributed by atoms with Gasteiger partial charge in [-0.3, -0.25) is 9.78 Å². The third-order valence-electron chi connectivity index (χ3n) is 3.58. The predicted octanol–water partition coefficient (Wildman–Crippen LogP) is 1.16. The van der Waals surface area contributed by atoms with Gasteiger partial charge in [0.1, 0.15) is 11.7 Å². The van der Waals surface area contributed by atoms with Crippen LogP contribution in [0.5, 0.6) is 0 Å². The monoisotopic (exact) mass is 293 g/mol. The van der Waals surface area contributed by atoms with E-state index in [1.807, 2.05) is 0 Å². The van der Waals surface area contributed by atoms with Gasteiger partial charge in [0.2, 0.25) is 0 Å². The fraction of sp³-hybridized carbons (Fsp3) is 0.538. The summed E-state index contributed by atoms with van der Waals surface area (Å²) in [6.45, 7) is 1.79. The minimum Gasteiger partial charge on any atom is -0.480 e. The Balaban J connectivity index is 1.88. The van der Waals surface area contributed by atoms with E-state index < -0.39 is 12.0 Å². The number of aliphatic carboxylic acids is 1. The first kappa shape index (κ1) is 13.4. The largest absolute Gasteiger partial charge is 0.480 e. The van der Waals surface area contributed by atoms with Crippen LogP contribution in [0.3, 0.4) is 0 Å². The van der Waals surface area contributed by atoms with Crippen LogP contribution in [0, 0.1) is 12.8 Å². The summed E-state index contributed by atoms with van der Waals surface area (Å²) in [5.74, 6) is -0.408. The lowest BCUT2D eigenvalue weighted by Crippen LogP contribution is -2.46. The van der Waals surface area contributed by atoms with Gasteiger partial charge in [-0.15, -0.1) is 11.8 Å². The van der Waals surface area contributed by atoms with Crippen molar-refractivity contribution in [3.8, 4) is 0 Å². The summed E-state index contributed by atoms with van der Waals surface area (Å²) in [5.41, 5.74) is 0.945. The molecule has 0 aromatic carbocycles. The molecule has 1 amide bonds. The predicted molar refractivity (Wildman–Crippen MR) is 73.3 cm³/mol. The summed E-state index contributed by atoms with van der Waals surface area (Å²) in [7, 11) is 0. The van der Waals surface area contributed by atoms with Gasteiger partial charge in [-0.2, -0.15) is 0 Å². The first-order valence-electron chi connectivity index (χ1n) is 6.53. The Hall–Kier alpha value is -1.63. The number of amides is 1. The quantitative estimate of drug-likeness (QED) is 0.900. The van der Waals surface area contributed by atoms with E-state index >= 15 is 0 Å². The number of hydrogen-bond acceptors (Lipinski definition) is 5. The first-order valence-corrected chi connectivity index (χ1v) is 7.58. The van der Waals surface area contributed by atoms with Gasteiger partial charge < -0.3 is 10.0 Å². The van der Waals surface area contributed by atoms with Crippen molar-refractivity contribution in [2.24, 2.45) is 5.92 Å². The fourth-order valence-electron chi connectivity index (χ4n) is 2.35. The molecule has 2 unspecified atom stereocenters. The Morgan fingerprint density at radius 1 is 1.35 bits per heavy atom. The van der Waals surface area contributed by atoms with E-state index in [4.69, 9.17) is 0 Å². The number of aromatic nitrogens is 2. The number of thioether (sulfide) groups is 1. The molecule has 2 aliphatic rings. The summed E-state index contributed by atoms with van der Waals surface area (Å²) in [4.78, 5) is 33.5. The molecule has 1 saturated heterocycles. The van der Waals surface area contributed by atoms with Crippen LogP contribution in [0.2, 0.25) is 0 Å². The van der Waals surface area contributed by atoms with E-state index in [2.05, 4.69) is 9.97 Å². The average Bonchev–Trinajstić information content (AvgIpc) is 3.17. The molecular weight excluding hydrogens is 278 g/mol. The van der Waals surface area contributed by atoms with Gasteiger partial charge in [0, 0.05) is 11.9 Å². The maximum absolute atomic E-state index is 12.6. The van der Waals surface area contributed by atoms with E-state index in [0.29, 0.717) is 11.7 Å². The minimum absolute atomic E-state index is 0.0355. The molecule has 1 aromatic heterocycles. The van der Waals surface area contributed by atoms with Crippen LogP contribution in [-0.4, -0.2) is 49.0 Å². The summed E-state index contributed by atoms with van der Waals surface area (Å²) in [6, 6.07) is -0.763. The van der Waals surface area contributed by atoms with Crippen molar-refractivity contribution >= 4 is 23.6 Å². The summed E-state index contributed by atoms with van der Waals surface area (Å²) < 4.78 is 0. The third kappa shape index (κ3) is 2.37. The van der Waals surface area contributed by atoms with Crippen molar-refractivity contribution in [3.63, 3.8) is 0 Å². The van der Waals surface area contributed by atoms with Crippen LogP contribution in [0.1, 0.15) is 29.0 Å². The van der Waals surface area contributed by atoms with Gasteiger partial charge in [0.25, 0.3) is 5.91 Å². The highest BCUT2D eigenvalue weighted by molar-refractivity contribution is 8.00. The molecule has 1 N–H and O–H groups in total. The lowest BCUT2D eigenvalue weighted by Gasteiger charge is -2.26. The Morgan fingerprint density at radius 3 is 2.65 bits per heavy atom. The number of rotatable bonds is 3. The standard InChI is InChI=1S/C13H15N3O3S/c1-7-4-15-9(5-14-7)11(17)16-10(13(18)19)6-20-12(16)8-2-3-8/h4-5,8,10,12H,2-3,6H2,1H3,(H,18,19). The van der Waals surface area contributed by atoms with Crippen LogP contribution in [0.25, 0.3) is 0 Å². The molecule has 0 radical (unpaired) electrons. The normalized spacial score (nSPS) is 25.8. The van der Waals surface area contributed by atoms with E-state index in [0.717, 1.165) is 18.5 Å². The zero-order valence-electron chi connectivity index (χ0n) is 11.0. The Kier molecular flexibility index (Phi) is 3.37. The summed E-state index contributed by atoms with van der Waals surface area (Å²) in [6.07, 6.45) is 5.07. The zero-order chi connectivity index (χ0) is 14.3. The van der Waals surface area contributed by atoms with Gasteiger partial charge in [-0.25, -0.2) is 9.78 Å². The van der Waals surface area contributed by atoms with Crippen molar-refractivity contribution in [1.29, 1.82) is 0 Å².